The summed E-state index contributed by atoms with van der Waals surface area (Å²) in [4.78, 5) is 12.6. The van der Waals surface area contributed by atoms with Gasteiger partial charge >= 0.3 is 0 Å². The molecule has 0 saturated carbocycles. The SMILES string of the molecule is CCOC(OCC)c1ccccc1C(=O)c1ccccc1F. The molecule has 2 aromatic carbocycles. The normalized spacial score (nSPS) is 10.9. The zero-order valence-corrected chi connectivity index (χ0v) is 12.7. The Morgan fingerprint density at radius 3 is 2.09 bits per heavy atom. The van der Waals surface area contributed by atoms with E-state index >= 15 is 0 Å². The van der Waals surface area contributed by atoms with E-state index in [-0.39, 0.29) is 11.3 Å². The summed E-state index contributed by atoms with van der Waals surface area (Å²) >= 11 is 0. The first-order valence-electron chi connectivity index (χ1n) is 7.30. The molecule has 0 radical (unpaired) electrons. The lowest BCUT2D eigenvalue weighted by molar-refractivity contribution is -0.140. The minimum absolute atomic E-state index is 0.0432. The third-order valence-corrected chi connectivity index (χ3v) is 3.21. The predicted octanol–water partition coefficient (Wildman–Crippen LogP) is 4.13. The number of benzene rings is 2. The van der Waals surface area contributed by atoms with Gasteiger partial charge in [-0.05, 0) is 26.0 Å². The fourth-order valence-corrected chi connectivity index (χ4v) is 2.23. The Hall–Kier alpha value is -2.04. The molecule has 2 rings (SSSR count). The largest absolute Gasteiger partial charge is 0.349 e. The number of rotatable bonds is 7. The highest BCUT2D eigenvalue weighted by Crippen LogP contribution is 2.25. The lowest BCUT2D eigenvalue weighted by atomic mass is 9.97. The van der Waals surface area contributed by atoms with E-state index in [1.165, 1.54) is 12.1 Å². The molecule has 0 aliphatic rings. The zero-order valence-electron chi connectivity index (χ0n) is 12.7. The molecule has 0 spiro atoms. The highest BCUT2D eigenvalue weighted by molar-refractivity contribution is 6.10. The molecule has 0 bridgehead atoms. The molecular weight excluding hydrogens is 283 g/mol. The standard InChI is InChI=1S/C18H19FO3/c1-3-21-18(22-4-2)14-10-6-5-9-13(14)17(20)15-11-7-8-12-16(15)19/h5-12,18H,3-4H2,1-2H3. The number of halogens is 1. The summed E-state index contributed by atoms with van der Waals surface area (Å²) in [5, 5.41) is 0. The molecule has 0 aliphatic heterocycles. The Labute approximate surface area is 129 Å². The van der Waals surface area contributed by atoms with E-state index in [1.54, 1.807) is 36.4 Å². The fraction of sp³-hybridized carbons (Fsp3) is 0.278. The van der Waals surface area contributed by atoms with Gasteiger partial charge in [-0.2, -0.15) is 0 Å². The molecule has 0 fully saturated rings. The van der Waals surface area contributed by atoms with Gasteiger partial charge in [0.05, 0.1) is 5.56 Å². The summed E-state index contributed by atoms with van der Waals surface area (Å²) in [7, 11) is 0. The zero-order chi connectivity index (χ0) is 15.9. The summed E-state index contributed by atoms with van der Waals surface area (Å²) < 4.78 is 25.0. The fourth-order valence-electron chi connectivity index (χ4n) is 2.23. The molecule has 22 heavy (non-hydrogen) atoms. The van der Waals surface area contributed by atoms with Gasteiger partial charge in [0.25, 0.3) is 0 Å². The third-order valence-electron chi connectivity index (χ3n) is 3.21. The summed E-state index contributed by atoms with van der Waals surface area (Å²) in [6, 6.07) is 12.9. The topological polar surface area (TPSA) is 35.5 Å². The second-order valence-corrected chi connectivity index (χ2v) is 4.64. The van der Waals surface area contributed by atoms with Crippen LogP contribution < -0.4 is 0 Å². The molecule has 0 N–H and O–H groups in total. The van der Waals surface area contributed by atoms with Crippen LogP contribution in [-0.2, 0) is 9.47 Å². The summed E-state index contributed by atoms with van der Waals surface area (Å²) in [6.45, 7) is 4.61. The van der Waals surface area contributed by atoms with Crippen molar-refractivity contribution in [2.75, 3.05) is 13.2 Å². The van der Waals surface area contributed by atoms with E-state index in [1.807, 2.05) is 13.8 Å². The number of ether oxygens (including phenoxy) is 2. The molecule has 3 nitrogen and oxygen atoms in total. The maximum atomic E-state index is 13.9. The lowest BCUT2D eigenvalue weighted by Crippen LogP contribution is -2.15. The van der Waals surface area contributed by atoms with Crippen LogP contribution in [0, 0.1) is 5.82 Å². The average Bonchev–Trinajstić information content (AvgIpc) is 2.54. The second kappa shape index (κ2) is 7.82. The van der Waals surface area contributed by atoms with Gasteiger partial charge < -0.3 is 9.47 Å². The molecule has 0 aromatic heterocycles. The van der Waals surface area contributed by atoms with Gasteiger partial charge in [-0.1, -0.05) is 36.4 Å². The van der Waals surface area contributed by atoms with Crippen LogP contribution in [0.15, 0.2) is 48.5 Å². The van der Waals surface area contributed by atoms with E-state index in [2.05, 4.69) is 0 Å². The van der Waals surface area contributed by atoms with Gasteiger partial charge in [0.1, 0.15) is 5.82 Å². The maximum Gasteiger partial charge on any atom is 0.196 e. The number of hydrogen-bond acceptors (Lipinski definition) is 3. The van der Waals surface area contributed by atoms with Crippen molar-refractivity contribution in [3.05, 3.63) is 71.0 Å². The Kier molecular flexibility index (Phi) is 5.81. The van der Waals surface area contributed by atoms with Gasteiger partial charge in [-0.3, -0.25) is 4.79 Å². The Bertz CT molecular complexity index is 634. The van der Waals surface area contributed by atoms with Gasteiger partial charge in [0, 0.05) is 24.3 Å². The van der Waals surface area contributed by atoms with Crippen molar-refractivity contribution in [3.8, 4) is 0 Å². The van der Waals surface area contributed by atoms with E-state index in [9.17, 15) is 9.18 Å². The second-order valence-electron chi connectivity index (χ2n) is 4.64. The third kappa shape index (κ3) is 3.59. The molecular formula is C18H19FO3. The molecule has 4 heteroatoms. The van der Waals surface area contributed by atoms with Crippen molar-refractivity contribution >= 4 is 5.78 Å². The number of carbonyl (C=O) groups excluding carboxylic acids is 1. The first kappa shape index (κ1) is 16.3. The molecule has 0 aliphatic carbocycles. The number of hydrogen-bond donors (Lipinski definition) is 0. The van der Waals surface area contributed by atoms with Crippen LogP contribution >= 0.6 is 0 Å². The van der Waals surface area contributed by atoms with E-state index < -0.39 is 12.1 Å². The number of ketones is 1. The van der Waals surface area contributed by atoms with Crippen LogP contribution in [0.1, 0.15) is 41.6 Å². The van der Waals surface area contributed by atoms with Crippen LogP contribution in [0.2, 0.25) is 0 Å². The predicted molar refractivity (Wildman–Crippen MR) is 82.3 cm³/mol. The van der Waals surface area contributed by atoms with Crippen LogP contribution in [0.3, 0.4) is 0 Å². The summed E-state index contributed by atoms with van der Waals surface area (Å²) in [5.41, 5.74) is 1.04. The van der Waals surface area contributed by atoms with Crippen LogP contribution in [0.5, 0.6) is 0 Å². The average molecular weight is 302 g/mol. The van der Waals surface area contributed by atoms with Gasteiger partial charge in [-0.15, -0.1) is 0 Å². The van der Waals surface area contributed by atoms with Gasteiger partial charge in [-0.25, -0.2) is 4.39 Å². The minimum Gasteiger partial charge on any atom is -0.349 e. The molecule has 0 amide bonds. The Morgan fingerprint density at radius 1 is 0.955 bits per heavy atom. The molecule has 0 heterocycles. The molecule has 0 atom stereocenters. The monoisotopic (exact) mass is 302 g/mol. The van der Waals surface area contributed by atoms with Crippen LogP contribution in [0.25, 0.3) is 0 Å². The number of carbonyl (C=O) groups is 1. The van der Waals surface area contributed by atoms with Crippen molar-refractivity contribution < 1.29 is 18.7 Å². The van der Waals surface area contributed by atoms with Crippen molar-refractivity contribution in [1.29, 1.82) is 0 Å². The summed E-state index contributed by atoms with van der Waals surface area (Å²) in [5.74, 6) is -0.912. The molecule has 2 aromatic rings. The lowest BCUT2D eigenvalue weighted by Gasteiger charge is -2.20. The molecule has 0 saturated heterocycles. The van der Waals surface area contributed by atoms with Gasteiger partial charge in [0.15, 0.2) is 12.1 Å². The first-order chi connectivity index (χ1) is 10.7. The Balaban J connectivity index is 2.43. The van der Waals surface area contributed by atoms with E-state index in [4.69, 9.17) is 9.47 Å². The van der Waals surface area contributed by atoms with Crippen molar-refractivity contribution in [2.45, 2.75) is 20.1 Å². The molecule has 116 valence electrons. The van der Waals surface area contributed by atoms with E-state index in [0.29, 0.717) is 24.3 Å². The first-order valence-corrected chi connectivity index (χ1v) is 7.30. The van der Waals surface area contributed by atoms with Crippen LogP contribution in [0.4, 0.5) is 4.39 Å². The highest BCUT2D eigenvalue weighted by Gasteiger charge is 2.22. The van der Waals surface area contributed by atoms with Gasteiger partial charge in [0.2, 0.25) is 0 Å². The highest BCUT2D eigenvalue weighted by atomic mass is 19.1. The summed E-state index contributed by atoms with van der Waals surface area (Å²) in [6.07, 6.45) is -0.637. The van der Waals surface area contributed by atoms with Crippen molar-refractivity contribution in [3.63, 3.8) is 0 Å². The quantitative estimate of drug-likeness (QED) is 0.570. The van der Waals surface area contributed by atoms with Crippen LogP contribution in [-0.4, -0.2) is 19.0 Å². The maximum absolute atomic E-state index is 13.9. The molecule has 0 unspecified atom stereocenters. The minimum atomic E-state index is -0.637. The van der Waals surface area contributed by atoms with E-state index in [0.717, 1.165) is 0 Å². The van der Waals surface area contributed by atoms with Crippen molar-refractivity contribution in [2.24, 2.45) is 0 Å². The Morgan fingerprint density at radius 2 is 1.50 bits per heavy atom. The van der Waals surface area contributed by atoms with Crippen molar-refractivity contribution in [1.82, 2.24) is 0 Å². The smallest absolute Gasteiger partial charge is 0.196 e.